The number of carbonyl (C=O) groups is 1. The van der Waals surface area contributed by atoms with Gasteiger partial charge in [-0.1, -0.05) is 24.6 Å². The van der Waals surface area contributed by atoms with E-state index in [9.17, 15) is 9.90 Å². The average Bonchev–Trinajstić information content (AvgIpc) is 3.05. The largest absolute Gasteiger partial charge is 0.481 e. The van der Waals surface area contributed by atoms with E-state index in [1.807, 2.05) is 24.4 Å². The molecule has 4 rings (SSSR count). The number of rotatable bonds is 3. The van der Waals surface area contributed by atoms with Crippen molar-refractivity contribution in [3.63, 3.8) is 0 Å². The van der Waals surface area contributed by atoms with Crippen molar-refractivity contribution in [2.24, 2.45) is 11.3 Å². The van der Waals surface area contributed by atoms with E-state index in [2.05, 4.69) is 22.0 Å². The number of carboxylic acid groups (broad SMARTS) is 1. The summed E-state index contributed by atoms with van der Waals surface area (Å²) in [6.07, 6.45) is 4.87. The zero-order valence-electron chi connectivity index (χ0n) is 12.5. The van der Waals surface area contributed by atoms with Crippen molar-refractivity contribution in [3.8, 4) is 0 Å². The van der Waals surface area contributed by atoms with Crippen LogP contribution in [0.15, 0.2) is 36.5 Å². The fourth-order valence-corrected chi connectivity index (χ4v) is 4.32. The van der Waals surface area contributed by atoms with Crippen LogP contribution in [0.1, 0.15) is 24.8 Å². The lowest BCUT2D eigenvalue weighted by Gasteiger charge is -2.23. The third-order valence-corrected chi connectivity index (χ3v) is 5.42. The van der Waals surface area contributed by atoms with Crippen LogP contribution in [-0.4, -0.2) is 34.0 Å². The molecule has 1 saturated carbocycles. The van der Waals surface area contributed by atoms with E-state index in [0.29, 0.717) is 12.5 Å². The number of aliphatic carboxylic acids is 1. The Bertz CT molecular complexity index is 730. The van der Waals surface area contributed by atoms with E-state index in [1.54, 1.807) is 0 Å². The standard InChI is InChI=1S/C18H20N2O2/c21-17(22)18-7-3-5-15(18)11-20(12-18)10-13-8-14-4-1-2-6-16(14)19-9-13/h1-2,4,6,8-9,15H,3,5,7,10-12H2,(H,21,22)/t15-,18+/m0/s1. The Hall–Kier alpha value is -1.94. The Balaban J connectivity index is 1.55. The fourth-order valence-electron chi connectivity index (χ4n) is 4.32. The number of likely N-dealkylation sites (tertiary alicyclic amines) is 1. The van der Waals surface area contributed by atoms with Crippen molar-refractivity contribution in [2.75, 3.05) is 13.1 Å². The fraction of sp³-hybridized carbons (Fsp3) is 0.444. The summed E-state index contributed by atoms with van der Waals surface area (Å²) in [5, 5.41) is 10.8. The second-order valence-electron chi connectivity index (χ2n) is 6.76. The summed E-state index contributed by atoms with van der Waals surface area (Å²) >= 11 is 0. The highest BCUT2D eigenvalue weighted by Crippen LogP contribution is 2.49. The average molecular weight is 296 g/mol. The maximum Gasteiger partial charge on any atom is 0.311 e. The van der Waals surface area contributed by atoms with Gasteiger partial charge in [0.15, 0.2) is 0 Å². The minimum Gasteiger partial charge on any atom is -0.481 e. The summed E-state index contributed by atoms with van der Waals surface area (Å²) in [6, 6.07) is 10.3. The van der Waals surface area contributed by atoms with E-state index in [4.69, 9.17) is 0 Å². The number of benzene rings is 1. The quantitative estimate of drug-likeness (QED) is 0.946. The molecule has 22 heavy (non-hydrogen) atoms. The van der Waals surface area contributed by atoms with E-state index >= 15 is 0 Å². The predicted molar refractivity (Wildman–Crippen MR) is 84.4 cm³/mol. The van der Waals surface area contributed by atoms with Crippen molar-refractivity contribution in [2.45, 2.75) is 25.8 Å². The Morgan fingerprint density at radius 2 is 2.27 bits per heavy atom. The molecule has 2 atom stereocenters. The molecule has 2 fully saturated rings. The molecular weight excluding hydrogens is 276 g/mol. The highest BCUT2D eigenvalue weighted by Gasteiger charge is 2.54. The molecule has 4 nitrogen and oxygen atoms in total. The molecule has 114 valence electrons. The van der Waals surface area contributed by atoms with Gasteiger partial charge in [-0.05, 0) is 36.5 Å². The molecule has 1 aliphatic heterocycles. The minimum absolute atomic E-state index is 0.318. The first-order valence-corrected chi connectivity index (χ1v) is 7.97. The zero-order valence-corrected chi connectivity index (χ0v) is 12.5. The zero-order chi connectivity index (χ0) is 15.2. The molecule has 1 aromatic heterocycles. The number of carboxylic acids is 1. The van der Waals surface area contributed by atoms with Gasteiger partial charge in [0.25, 0.3) is 0 Å². The summed E-state index contributed by atoms with van der Waals surface area (Å²) in [5.41, 5.74) is 1.68. The van der Waals surface area contributed by atoms with Gasteiger partial charge in [0.1, 0.15) is 0 Å². The summed E-state index contributed by atoms with van der Waals surface area (Å²) in [4.78, 5) is 18.5. The van der Waals surface area contributed by atoms with Gasteiger partial charge in [-0.15, -0.1) is 0 Å². The highest BCUT2D eigenvalue weighted by atomic mass is 16.4. The third-order valence-electron chi connectivity index (χ3n) is 5.42. The van der Waals surface area contributed by atoms with E-state index in [-0.39, 0.29) is 0 Å². The van der Waals surface area contributed by atoms with Gasteiger partial charge in [0, 0.05) is 31.2 Å². The van der Waals surface area contributed by atoms with Gasteiger partial charge in [0.2, 0.25) is 0 Å². The number of hydrogen-bond acceptors (Lipinski definition) is 3. The summed E-state index contributed by atoms with van der Waals surface area (Å²) in [5.74, 6) is -0.285. The molecule has 2 heterocycles. The normalized spacial score (nSPS) is 28.1. The molecule has 1 aromatic carbocycles. The maximum atomic E-state index is 11.7. The number of pyridine rings is 1. The molecule has 0 bridgehead atoms. The Kier molecular flexibility index (Phi) is 3.15. The molecule has 2 aliphatic rings. The van der Waals surface area contributed by atoms with Crippen LogP contribution in [0.2, 0.25) is 0 Å². The molecule has 0 radical (unpaired) electrons. The number of aromatic nitrogens is 1. The van der Waals surface area contributed by atoms with Gasteiger partial charge in [-0.2, -0.15) is 0 Å². The van der Waals surface area contributed by atoms with Crippen molar-refractivity contribution >= 4 is 16.9 Å². The molecular formula is C18H20N2O2. The minimum atomic E-state index is -0.603. The topological polar surface area (TPSA) is 53.4 Å². The van der Waals surface area contributed by atoms with E-state index < -0.39 is 11.4 Å². The van der Waals surface area contributed by atoms with Crippen LogP contribution in [0.3, 0.4) is 0 Å². The van der Waals surface area contributed by atoms with Crippen molar-refractivity contribution in [1.29, 1.82) is 0 Å². The summed E-state index contributed by atoms with van der Waals surface area (Å²) < 4.78 is 0. The first kappa shape index (κ1) is 13.7. The number of para-hydroxylation sites is 1. The van der Waals surface area contributed by atoms with Crippen LogP contribution in [-0.2, 0) is 11.3 Å². The number of fused-ring (bicyclic) bond motifs is 2. The lowest BCUT2D eigenvalue weighted by Crippen LogP contribution is -2.35. The summed E-state index contributed by atoms with van der Waals surface area (Å²) in [7, 11) is 0. The molecule has 1 saturated heterocycles. The van der Waals surface area contributed by atoms with Gasteiger partial charge in [0.05, 0.1) is 10.9 Å². The second kappa shape index (κ2) is 5.06. The lowest BCUT2D eigenvalue weighted by molar-refractivity contribution is -0.149. The molecule has 1 N–H and O–H groups in total. The van der Waals surface area contributed by atoms with Crippen LogP contribution in [0.25, 0.3) is 10.9 Å². The van der Waals surface area contributed by atoms with Gasteiger partial charge < -0.3 is 5.11 Å². The maximum absolute atomic E-state index is 11.7. The number of hydrogen-bond donors (Lipinski definition) is 1. The van der Waals surface area contributed by atoms with Crippen LogP contribution in [0, 0.1) is 11.3 Å². The molecule has 1 aliphatic carbocycles. The molecule has 0 amide bonds. The predicted octanol–water partition coefficient (Wildman–Crippen LogP) is 2.92. The lowest BCUT2D eigenvalue weighted by atomic mass is 9.81. The van der Waals surface area contributed by atoms with Crippen LogP contribution >= 0.6 is 0 Å². The van der Waals surface area contributed by atoms with E-state index in [0.717, 1.165) is 43.3 Å². The van der Waals surface area contributed by atoms with Crippen molar-refractivity contribution < 1.29 is 9.90 Å². The van der Waals surface area contributed by atoms with Gasteiger partial charge in [-0.3, -0.25) is 14.7 Å². The first-order chi connectivity index (χ1) is 10.7. The molecule has 2 aromatic rings. The van der Waals surface area contributed by atoms with Crippen molar-refractivity contribution in [3.05, 3.63) is 42.1 Å². The Morgan fingerprint density at radius 3 is 3.09 bits per heavy atom. The van der Waals surface area contributed by atoms with Crippen LogP contribution < -0.4 is 0 Å². The Labute approximate surface area is 129 Å². The van der Waals surface area contributed by atoms with Crippen LogP contribution in [0.5, 0.6) is 0 Å². The highest BCUT2D eigenvalue weighted by molar-refractivity contribution is 5.78. The van der Waals surface area contributed by atoms with E-state index in [1.165, 1.54) is 5.56 Å². The van der Waals surface area contributed by atoms with Gasteiger partial charge in [-0.25, -0.2) is 0 Å². The summed E-state index contributed by atoms with van der Waals surface area (Å²) in [6.45, 7) is 2.38. The monoisotopic (exact) mass is 296 g/mol. The SMILES string of the molecule is O=C(O)[C@@]12CCC[C@H]1CN(Cc1cnc3ccccc3c1)C2. The molecule has 4 heteroatoms. The third kappa shape index (κ3) is 2.10. The molecule has 0 spiro atoms. The Morgan fingerprint density at radius 1 is 1.41 bits per heavy atom. The van der Waals surface area contributed by atoms with Crippen molar-refractivity contribution in [1.82, 2.24) is 9.88 Å². The van der Waals surface area contributed by atoms with Gasteiger partial charge >= 0.3 is 5.97 Å². The first-order valence-electron chi connectivity index (χ1n) is 7.97. The molecule has 0 unspecified atom stereocenters. The van der Waals surface area contributed by atoms with Crippen LogP contribution in [0.4, 0.5) is 0 Å². The second-order valence-corrected chi connectivity index (χ2v) is 6.76. The number of nitrogens with zero attached hydrogens (tertiary/aromatic N) is 2. The smallest absolute Gasteiger partial charge is 0.311 e.